The molecule has 9 heteroatoms. The van der Waals surface area contributed by atoms with Crippen molar-refractivity contribution < 1.29 is 9.53 Å². The zero-order valence-corrected chi connectivity index (χ0v) is 21.6. The van der Waals surface area contributed by atoms with Gasteiger partial charge in [-0.2, -0.15) is 0 Å². The SMILES string of the molecule is CCNC(=NCc1ccccc1-n1ccnc1)NCC(C)(C)NC(=O)OC(C)(C)C.I. The van der Waals surface area contributed by atoms with Gasteiger partial charge >= 0.3 is 6.09 Å². The van der Waals surface area contributed by atoms with Crippen molar-refractivity contribution in [1.82, 2.24) is 25.5 Å². The van der Waals surface area contributed by atoms with Gasteiger partial charge in [-0.15, -0.1) is 24.0 Å². The molecule has 31 heavy (non-hydrogen) atoms. The van der Waals surface area contributed by atoms with E-state index >= 15 is 0 Å². The number of alkyl carbamates (subject to hydrolysis) is 1. The molecule has 0 saturated heterocycles. The average molecular weight is 542 g/mol. The number of ether oxygens (including phenoxy) is 1. The molecule has 172 valence electrons. The van der Waals surface area contributed by atoms with Crippen molar-refractivity contribution in [3.8, 4) is 5.69 Å². The summed E-state index contributed by atoms with van der Waals surface area (Å²) in [6.07, 6.45) is 5.00. The normalized spacial score (nSPS) is 12.0. The summed E-state index contributed by atoms with van der Waals surface area (Å²) in [5.41, 5.74) is 1.07. The summed E-state index contributed by atoms with van der Waals surface area (Å²) < 4.78 is 7.32. The zero-order chi connectivity index (χ0) is 22.2. The predicted molar refractivity (Wildman–Crippen MR) is 135 cm³/mol. The lowest BCUT2D eigenvalue weighted by atomic mass is 10.1. The second-order valence-corrected chi connectivity index (χ2v) is 8.66. The van der Waals surface area contributed by atoms with Crippen molar-refractivity contribution in [1.29, 1.82) is 0 Å². The molecular formula is C22H35IN6O2. The van der Waals surface area contributed by atoms with Gasteiger partial charge in [0, 0.05) is 25.5 Å². The van der Waals surface area contributed by atoms with Gasteiger partial charge in [0.05, 0.1) is 24.1 Å². The Balaban J connectivity index is 0.00000480. The van der Waals surface area contributed by atoms with Gasteiger partial charge in [0.1, 0.15) is 5.60 Å². The van der Waals surface area contributed by atoms with Crippen LogP contribution in [-0.4, -0.2) is 45.8 Å². The Morgan fingerprint density at radius 1 is 1.16 bits per heavy atom. The Morgan fingerprint density at radius 3 is 2.48 bits per heavy atom. The summed E-state index contributed by atoms with van der Waals surface area (Å²) >= 11 is 0. The number of carbonyl (C=O) groups is 1. The number of para-hydroxylation sites is 1. The first-order valence-electron chi connectivity index (χ1n) is 10.2. The molecule has 8 nitrogen and oxygen atoms in total. The summed E-state index contributed by atoms with van der Waals surface area (Å²) in [5.74, 6) is 0.678. The number of hydrogen-bond acceptors (Lipinski definition) is 4. The van der Waals surface area contributed by atoms with Gasteiger partial charge in [-0.25, -0.2) is 14.8 Å². The smallest absolute Gasteiger partial charge is 0.408 e. The molecular weight excluding hydrogens is 507 g/mol. The van der Waals surface area contributed by atoms with Crippen LogP contribution in [-0.2, 0) is 11.3 Å². The lowest BCUT2D eigenvalue weighted by Crippen LogP contribution is -2.54. The van der Waals surface area contributed by atoms with Crippen LogP contribution in [0.25, 0.3) is 5.69 Å². The van der Waals surface area contributed by atoms with Gasteiger partial charge in [-0.1, -0.05) is 18.2 Å². The van der Waals surface area contributed by atoms with Crippen LogP contribution in [0.15, 0.2) is 48.0 Å². The maximum Gasteiger partial charge on any atom is 0.408 e. The highest BCUT2D eigenvalue weighted by Crippen LogP contribution is 2.15. The van der Waals surface area contributed by atoms with Crippen molar-refractivity contribution in [3.05, 3.63) is 48.5 Å². The number of halogens is 1. The first-order valence-corrected chi connectivity index (χ1v) is 10.2. The standard InChI is InChI=1S/C22H34N6O2.HI/c1-7-24-19(26-15-22(5,6)27-20(29)30-21(2,3)4)25-14-17-10-8-9-11-18(17)28-13-12-23-16-28;/h8-13,16H,7,14-15H2,1-6H3,(H,27,29)(H2,24,25,26);1H. The molecule has 0 aliphatic carbocycles. The van der Waals surface area contributed by atoms with Crippen molar-refractivity contribution in [3.63, 3.8) is 0 Å². The molecule has 0 spiro atoms. The lowest BCUT2D eigenvalue weighted by molar-refractivity contribution is 0.0474. The van der Waals surface area contributed by atoms with E-state index < -0.39 is 17.2 Å². The zero-order valence-electron chi connectivity index (χ0n) is 19.2. The molecule has 0 aliphatic rings. The van der Waals surface area contributed by atoms with Gasteiger partial charge in [0.25, 0.3) is 0 Å². The highest BCUT2D eigenvalue weighted by atomic mass is 127. The van der Waals surface area contributed by atoms with E-state index in [9.17, 15) is 4.79 Å². The Bertz CT molecular complexity index is 844. The van der Waals surface area contributed by atoms with Crippen molar-refractivity contribution in [2.45, 2.75) is 59.2 Å². The number of carbonyl (C=O) groups excluding carboxylic acids is 1. The number of nitrogens with zero attached hydrogens (tertiary/aromatic N) is 3. The van der Waals surface area contributed by atoms with Crippen LogP contribution >= 0.6 is 24.0 Å². The largest absolute Gasteiger partial charge is 0.444 e. The number of guanidine groups is 1. The summed E-state index contributed by atoms with van der Waals surface area (Å²) in [5, 5.41) is 9.45. The van der Waals surface area contributed by atoms with E-state index in [-0.39, 0.29) is 24.0 Å². The quantitative estimate of drug-likeness (QED) is 0.281. The van der Waals surface area contributed by atoms with Crippen LogP contribution in [0.3, 0.4) is 0 Å². The second-order valence-electron chi connectivity index (χ2n) is 8.66. The van der Waals surface area contributed by atoms with Crippen LogP contribution in [0.5, 0.6) is 0 Å². The lowest BCUT2D eigenvalue weighted by Gasteiger charge is -2.29. The second kappa shape index (κ2) is 11.9. The molecule has 1 amide bonds. The fourth-order valence-corrected chi connectivity index (χ4v) is 2.73. The number of imidazole rings is 1. The highest BCUT2D eigenvalue weighted by Gasteiger charge is 2.24. The van der Waals surface area contributed by atoms with Gasteiger partial charge in [-0.3, -0.25) is 0 Å². The maximum absolute atomic E-state index is 12.1. The van der Waals surface area contributed by atoms with E-state index in [1.165, 1.54) is 0 Å². The van der Waals surface area contributed by atoms with Crippen LogP contribution in [0.2, 0.25) is 0 Å². The van der Waals surface area contributed by atoms with E-state index in [4.69, 9.17) is 9.73 Å². The van der Waals surface area contributed by atoms with E-state index in [1.807, 2.05) is 70.5 Å². The van der Waals surface area contributed by atoms with Gasteiger partial charge in [0.15, 0.2) is 5.96 Å². The van der Waals surface area contributed by atoms with Gasteiger partial charge < -0.3 is 25.3 Å². The third kappa shape index (κ3) is 9.58. The third-order valence-electron chi connectivity index (χ3n) is 4.06. The highest BCUT2D eigenvalue weighted by molar-refractivity contribution is 14.0. The number of rotatable bonds is 7. The van der Waals surface area contributed by atoms with Crippen LogP contribution < -0.4 is 16.0 Å². The third-order valence-corrected chi connectivity index (χ3v) is 4.06. The Morgan fingerprint density at radius 2 is 1.87 bits per heavy atom. The van der Waals surface area contributed by atoms with E-state index in [2.05, 4.69) is 27.0 Å². The number of benzene rings is 1. The maximum atomic E-state index is 12.1. The van der Waals surface area contributed by atoms with Crippen LogP contribution in [0, 0.1) is 0 Å². The molecule has 0 unspecified atom stereocenters. The molecule has 1 heterocycles. The molecule has 0 saturated carbocycles. The fourth-order valence-electron chi connectivity index (χ4n) is 2.73. The minimum Gasteiger partial charge on any atom is -0.444 e. The fraction of sp³-hybridized carbons (Fsp3) is 0.500. The summed E-state index contributed by atoms with van der Waals surface area (Å²) in [4.78, 5) is 20.9. The molecule has 2 rings (SSSR count). The number of nitrogens with one attached hydrogen (secondary N) is 3. The van der Waals surface area contributed by atoms with Gasteiger partial charge in [0.2, 0.25) is 0 Å². The summed E-state index contributed by atoms with van der Waals surface area (Å²) in [6, 6.07) is 8.09. The van der Waals surface area contributed by atoms with Crippen LogP contribution in [0.4, 0.5) is 4.79 Å². The molecule has 2 aromatic rings. The first-order chi connectivity index (χ1) is 14.1. The predicted octanol–water partition coefficient (Wildman–Crippen LogP) is 3.85. The summed E-state index contributed by atoms with van der Waals surface area (Å²) in [7, 11) is 0. The summed E-state index contributed by atoms with van der Waals surface area (Å²) in [6.45, 7) is 13.1. The molecule has 0 radical (unpaired) electrons. The number of aromatic nitrogens is 2. The van der Waals surface area contributed by atoms with E-state index in [0.717, 1.165) is 17.8 Å². The van der Waals surface area contributed by atoms with Crippen molar-refractivity contribution >= 4 is 36.0 Å². The molecule has 0 fully saturated rings. The monoisotopic (exact) mass is 542 g/mol. The van der Waals surface area contributed by atoms with E-state index in [0.29, 0.717) is 19.0 Å². The molecule has 0 atom stereocenters. The van der Waals surface area contributed by atoms with E-state index in [1.54, 1.807) is 12.5 Å². The van der Waals surface area contributed by atoms with Crippen LogP contribution in [0.1, 0.15) is 47.1 Å². The molecule has 3 N–H and O–H groups in total. The topological polar surface area (TPSA) is 92.6 Å². The number of hydrogen-bond donors (Lipinski definition) is 3. The molecule has 0 bridgehead atoms. The minimum atomic E-state index is -0.535. The number of amides is 1. The Labute approximate surface area is 202 Å². The minimum absolute atomic E-state index is 0. The molecule has 1 aromatic heterocycles. The van der Waals surface area contributed by atoms with Crippen molar-refractivity contribution in [2.75, 3.05) is 13.1 Å². The van der Waals surface area contributed by atoms with Crippen molar-refractivity contribution in [2.24, 2.45) is 4.99 Å². The van der Waals surface area contributed by atoms with Gasteiger partial charge in [-0.05, 0) is 53.2 Å². The molecule has 0 aliphatic heterocycles. The Kier molecular flexibility index (Phi) is 10.3. The first kappa shape index (κ1) is 26.7. The number of aliphatic imine (C=N–C) groups is 1. The molecule has 1 aromatic carbocycles. The average Bonchev–Trinajstić information content (AvgIpc) is 3.16. The Hall–Kier alpha value is -2.30.